The molecule has 0 aromatic carbocycles. The van der Waals surface area contributed by atoms with Crippen LogP contribution in [0.15, 0.2) is 0 Å². The van der Waals surface area contributed by atoms with Crippen molar-refractivity contribution in [3.05, 3.63) is 0 Å². The zero-order valence-corrected chi connectivity index (χ0v) is 10.9. The summed E-state index contributed by atoms with van der Waals surface area (Å²) in [4.78, 5) is 5.43. The van der Waals surface area contributed by atoms with E-state index >= 15 is 0 Å². The van der Waals surface area contributed by atoms with Crippen LogP contribution in [0.3, 0.4) is 0 Å². The van der Waals surface area contributed by atoms with Crippen molar-refractivity contribution in [1.29, 1.82) is 0 Å². The van der Waals surface area contributed by atoms with Gasteiger partial charge in [-0.05, 0) is 40.0 Å². The maximum atomic E-state index is 2.77. The normalized spacial score (nSPS) is 38.2. The molecule has 3 atom stereocenters. The lowest BCUT2D eigenvalue weighted by Crippen LogP contribution is -2.58. The molecule has 2 aliphatic rings. The van der Waals surface area contributed by atoms with Gasteiger partial charge >= 0.3 is 0 Å². The molecule has 88 valence electrons. The van der Waals surface area contributed by atoms with Crippen molar-refractivity contribution in [2.45, 2.75) is 65.2 Å². The quantitative estimate of drug-likeness (QED) is 0.689. The number of piperazine rings is 1. The third-order valence-electron chi connectivity index (χ3n) is 4.30. The van der Waals surface area contributed by atoms with E-state index in [9.17, 15) is 0 Å². The van der Waals surface area contributed by atoms with Crippen LogP contribution < -0.4 is 0 Å². The molecule has 2 saturated heterocycles. The highest BCUT2D eigenvalue weighted by atomic mass is 15.3. The fourth-order valence-corrected chi connectivity index (χ4v) is 3.53. The molecule has 2 rings (SSSR count). The SMILES string of the molecule is CC1C[C@H]2CN(C(C)C)C[C@@H]1N2C(C)C. The van der Waals surface area contributed by atoms with E-state index in [0.29, 0.717) is 0 Å². The van der Waals surface area contributed by atoms with Crippen LogP contribution >= 0.6 is 0 Å². The smallest absolute Gasteiger partial charge is 0.0255 e. The van der Waals surface area contributed by atoms with Crippen molar-refractivity contribution in [2.75, 3.05) is 13.1 Å². The van der Waals surface area contributed by atoms with Crippen molar-refractivity contribution in [1.82, 2.24) is 9.80 Å². The highest BCUT2D eigenvalue weighted by Crippen LogP contribution is 2.36. The Labute approximate surface area is 94.6 Å². The molecular weight excluding hydrogens is 184 g/mol. The molecular formula is C13H26N2. The van der Waals surface area contributed by atoms with E-state index in [1.165, 1.54) is 19.5 Å². The minimum atomic E-state index is 0.717. The molecule has 0 aliphatic carbocycles. The van der Waals surface area contributed by atoms with Gasteiger partial charge in [0.05, 0.1) is 0 Å². The highest BCUT2D eigenvalue weighted by molar-refractivity contribution is 5.00. The van der Waals surface area contributed by atoms with Gasteiger partial charge in [0.25, 0.3) is 0 Å². The average Bonchev–Trinajstić information content (AvgIpc) is 2.34. The first kappa shape index (κ1) is 11.4. The third kappa shape index (κ3) is 1.94. The molecule has 2 heterocycles. The molecule has 0 radical (unpaired) electrons. The second kappa shape index (κ2) is 4.06. The molecule has 0 spiro atoms. The van der Waals surface area contributed by atoms with Crippen LogP contribution in [-0.2, 0) is 0 Å². The van der Waals surface area contributed by atoms with E-state index in [2.05, 4.69) is 44.4 Å². The first-order valence-electron chi connectivity index (χ1n) is 6.52. The summed E-state index contributed by atoms with van der Waals surface area (Å²) < 4.78 is 0. The van der Waals surface area contributed by atoms with Gasteiger partial charge in [0, 0.05) is 37.3 Å². The van der Waals surface area contributed by atoms with Crippen LogP contribution in [0.1, 0.15) is 41.0 Å². The Morgan fingerprint density at radius 2 is 1.67 bits per heavy atom. The summed E-state index contributed by atoms with van der Waals surface area (Å²) in [6.07, 6.45) is 1.41. The van der Waals surface area contributed by atoms with Gasteiger partial charge in [0.1, 0.15) is 0 Å². The molecule has 0 amide bonds. The Balaban J connectivity index is 2.12. The van der Waals surface area contributed by atoms with Gasteiger partial charge < -0.3 is 0 Å². The van der Waals surface area contributed by atoms with Crippen molar-refractivity contribution < 1.29 is 0 Å². The van der Waals surface area contributed by atoms with E-state index in [4.69, 9.17) is 0 Å². The fraction of sp³-hybridized carbons (Fsp3) is 1.00. The van der Waals surface area contributed by atoms with Crippen LogP contribution in [0, 0.1) is 5.92 Å². The predicted molar refractivity (Wildman–Crippen MR) is 65.0 cm³/mol. The van der Waals surface area contributed by atoms with E-state index in [1.807, 2.05) is 0 Å². The van der Waals surface area contributed by atoms with Gasteiger partial charge in [-0.15, -0.1) is 0 Å². The molecule has 2 nitrogen and oxygen atoms in total. The number of nitrogens with zero attached hydrogens (tertiary/aromatic N) is 2. The lowest BCUT2D eigenvalue weighted by atomic mass is 10.0. The Morgan fingerprint density at radius 1 is 1.00 bits per heavy atom. The van der Waals surface area contributed by atoms with Crippen molar-refractivity contribution in [3.63, 3.8) is 0 Å². The second-order valence-electron chi connectivity index (χ2n) is 6.02. The summed E-state index contributed by atoms with van der Waals surface area (Å²) in [5.41, 5.74) is 0. The first-order chi connectivity index (χ1) is 7.00. The highest BCUT2D eigenvalue weighted by Gasteiger charge is 2.45. The molecule has 2 heteroatoms. The van der Waals surface area contributed by atoms with Gasteiger partial charge in [-0.2, -0.15) is 0 Å². The molecule has 1 unspecified atom stereocenters. The number of likely N-dealkylation sites (tertiary alicyclic amines) is 1. The van der Waals surface area contributed by atoms with E-state index in [-0.39, 0.29) is 0 Å². The Bertz CT molecular complexity index is 225. The molecule has 0 aromatic heterocycles. The zero-order chi connectivity index (χ0) is 11.2. The Morgan fingerprint density at radius 3 is 2.13 bits per heavy atom. The van der Waals surface area contributed by atoms with E-state index in [1.54, 1.807) is 0 Å². The largest absolute Gasteiger partial charge is 0.298 e. The van der Waals surface area contributed by atoms with Gasteiger partial charge in [-0.1, -0.05) is 6.92 Å². The summed E-state index contributed by atoms with van der Waals surface area (Å²) in [6.45, 7) is 14.4. The van der Waals surface area contributed by atoms with Gasteiger partial charge in [-0.25, -0.2) is 0 Å². The van der Waals surface area contributed by atoms with Gasteiger partial charge in [-0.3, -0.25) is 9.80 Å². The predicted octanol–water partition coefficient (Wildman–Crippen LogP) is 2.20. The van der Waals surface area contributed by atoms with E-state index < -0.39 is 0 Å². The number of hydrogen-bond acceptors (Lipinski definition) is 2. The standard InChI is InChI=1S/C13H26N2/c1-9(2)14-7-12-6-11(5)13(8-14)15(12)10(3)4/h9-13H,6-8H2,1-5H3/t11?,12-,13-/m0/s1. The minimum absolute atomic E-state index is 0.717. The maximum absolute atomic E-state index is 2.77. The Hall–Kier alpha value is -0.0800. The van der Waals surface area contributed by atoms with Crippen molar-refractivity contribution in [2.24, 2.45) is 5.92 Å². The van der Waals surface area contributed by atoms with Crippen LogP contribution in [0.2, 0.25) is 0 Å². The molecule has 0 aromatic rings. The molecule has 2 fully saturated rings. The number of rotatable bonds is 2. The van der Waals surface area contributed by atoms with Crippen LogP contribution in [0.25, 0.3) is 0 Å². The number of fused-ring (bicyclic) bond motifs is 2. The van der Waals surface area contributed by atoms with Crippen LogP contribution in [0.4, 0.5) is 0 Å². The molecule has 0 N–H and O–H groups in total. The summed E-state index contributed by atoms with van der Waals surface area (Å²) in [5.74, 6) is 0.890. The fourth-order valence-electron chi connectivity index (χ4n) is 3.53. The maximum Gasteiger partial charge on any atom is 0.0255 e. The van der Waals surface area contributed by atoms with Gasteiger partial charge in [0.15, 0.2) is 0 Å². The average molecular weight is 210 g/mol. The zero-order valence-electron chi connectivity index (χ0n) is 10.9. The summed E-state index contributed by atoms with van der Waals surface area (Å²) in [7, 11) is 0. The van der Waals surface area contributed by atoms with Crippen LogP contribution in [-0.4, -0.2) is 47.1 Å². The molecule has 15 heavy (non-hydrogen) atoms. The topological polar surface area (TPSA) is 6.48 Å². The molecule has 0 saturated carbocycles. The lowest BCUT2D eigenvalue weighted by molar-refractivity contribution is 0.0233. The second-order valence-corrected chi connectivity index (χ2v) is 6.02. The van der Waals surface area contributed by atoms with Gasteiger partial charge in [0.2, 0.25) is 0 Å². The van der Waals surface area contributed by atoms with E-state index in [0.717, 1.165) is 30.1 Å². The van der Waals surface area contributed by atoms with Crippen molar-refractivity contribution >= 4 is 0 Å². The summed E-state index contributed by atoms with van der Waals surface area (Å²) >= 11 is 0. The molecule has 2 bridgehead atoms. The van der Waals surface area contributed by atoms with Crippen LogP contribution in [0.5, 0.6) is 0 Å². The Kier molecular flexibility index (Phi) is 3.09. The number of hydrogen-bond donors (Lipinski definition) is 0. The molecule has 2 aliphatic heterocycles. The monoisotopic (exact) mass is 210 g/mol. The lowest BCUT2D eigenvalue weighted by Gasteiger charge is -2.45. The summed E-state index contributed by atoms with van der Waals surface area (Å²) in [5, 5.41) is 0. The third-order valence-corrected chi connectivity index (χ3v) is 4.30. The first-order valence-corrected chi connectivity index (χ1v) is 6.52. The summed E-state index contributed by atoms with van der Waals surface area (Å²) in [6, 6.07) is 3.07. The van der Waals surface area contributed by atoms with Crippen molar-refractivity contribution in [3.8, 4) is 0 Å². The minimum Gasteiger partial charge on any atom is -0.298 e.